The van der Waals surface area contributed by atoms with Crippen molar-refractivity contribution in [2.24, 2.45) is 0 Å². The quantitative estimate of drug-likeness (QED) is 0.683. The van der Waals surface area contributed by atoms with Crippen molar-refractivity contribution in [3.63, 3.8) is 0 Å². The summed E-state index contributed by atoms with van der Waals surface area (Å²) in [6, 6.07) is 3.38. The van der Waals surface area contributed by atoms with Gasteiger partial charge < -0.3 is 9.84 Å². The van der Waals surface area contributed by atoms with Crippen LogP contribution in [-0.2, 0) is 10.0 Å². The SMILES string of the molecule is CCCCCOc1cc(C)c(C)cc1S(=O)(=O)NC[C@@H](C)O. The third kappa shape index (κ3) is 5.59. The number of aliphatic hydroxyl groups is 1. The van der Waals surface area contributed by atoms with Crippen LogP contribution >= 0.6 is 0 Å². The first-order valence-electron chi connectivity index (χ1n) is 7.69. The molecule has 0 aliphatic heterocycles. The van der Waals surface area contributed by atoms with E-state index in [4.69, 9.17) is 4.74 Å². The fraction of sp³-hybridized carbons (Fsp3) is 0.625. The first kappa shape index (κ1) is 18.9. The van der Waals surface area contributed by atoms with E-state index < -0.39 is 16.1 Å². The molecule has 0 unspecified atom stereocenters. The summed E-state index contributed by atoms with van der Waals surface area (Å²) in [4.78, 5) is 0.132. The summed E-state index contributed by atoms with van der Waals surface area (Å²) in [6.45, 7) is 7.90. The highest BCUT2D eigenvalue weighted by Gasteiger charge is 2.21. The lowest BCUT2D eigenvalue weighted by Crippen LogP contribution is -2.31. The molecule has 1 aromatic rings. The lowest BCUT2D eigenvalue weighted by molar-refractivity contribution is 0.198. The molecule has 0 spiro atoms. The summed E-state index contributed by atoms with van der Waals surface area (Å²) < 4.78 is 32.9. The molecule has 0 heterocycles. The molecule has 0 saturated carbocycles. The molecule has 0 aromatic heterocycles. The maximum Gasteiger partial charge on any atom is 0.244 e. The predicted octanol–water partition coefficient (Wildman–Crippen LogP) is 2.53. The molecule has 126 valence electrons. The second-order valence-electron chi connectivity index (χ2n) is 5.64. The zero-order valence-electron chi connectivity index (χ0n) is 13.8. The van der Waals surface area contributed by atoms with Crippen LogP contribution in [0.2, 0.25) is 0 Å². The summed E-state index contributed by atoms with van der Waals surface area (Å²) in [5.74, 6) is 0.372. The summed E-state index contributed by atoms with van der Waals surface area (Å²) >= 11 is 0. The fourth-order valence-electron chi connectivity index (χ4n) is 1.93. The maximum atomic E-state index is 12.4. The first-order chi connectivity index (χ1) is 10.3. The van der Waals surface area contributed by atoms with Crippen molar-refractivity contribution in [3.8, 4) is 5.75 Å². The molecule has 0 saturated heterocycles. The highest BCUT2D eigenvalue weighted by atomic mass is 32.2. The summed E-state index contributed by atoms with van der Waals surface area (Å²) in [5, 5.41) is 9.27. The molecule has 0 bridgehead atoms. The minimum Gasteiger partial charge on any atom is -0.492 e. The van der Waals surface area contributed by atoms with Crippen molar-refractivity contribution in [2.75, 3.05) is 13.2 Å². The molecule has 0 aliphatic rings. The van der Waals surface area contributed by atoms with E-state index >= 15 is 0 Å². The number of benzene rings is 1. The Morgan fingerprint density at radius 1 is 1.23 bits per heavy atom. The van der Waals surface area contributed by atoms with E-state index in [0.29, 0.717) is 12.4 Å². The van der Waals surface area contributed by atoms with Crippen LogP contribution in [-0.4, -0.2) is 32.8 Å². The Hall–Kier alpha value is -1.11. The smallest absolute Gasteiger partial charge is 0.244 e. The maximum absolute atomic E-state index is 12.4. The number of nitrogens with one attached hydrogen (secondary N) is 1. The Morgan fingerprint density at radius 2 is 1.86 bits per heavy atom. The molecule has 1 rings (SSSR count). The van der Waals surface area contributed by atoms with Gasteiger partial charge in [0.05, 0.1) is 12.7 Å². The Kier molecular flexibility index (Phi) is 7.32. The third-order valence-electron chi connectivity index (χ3n) is 3.42. The van der Waals surface area contributed by atoms with Crippen molar-refractivity contribution in [1.29, 1.82) is 0 Å². The second kappa shape index (κ2) is 8.50. The van der Waals surface area contributed by atoms with Crippen molar-refractivity contribution >= 4 is 10.0 Å². The summed E-state index contributed by atoms with van der Waals surface area (Å²) in [7, 11) is -3.70. The van der Waals surface area contributed by atoms with E-state index in [1.54, 1.807) is 12.1 Å². The van der Waals surface area contributed by atoms with E-state index in [0.717, 1.165) is 30.4 Å². The van der Waals surface area contributed by atoms with Gasteiger partial charge in [-0.1, -0.05) is 19.8 Å². The Bertz CT molecular complexity index is 582. The summed E-state index contributed by atoms with van der Waals surface area (Å²) in [5.41, 5.74) is 1.87. The minimum atomic E-state index is -3.70. The van der Waals surface area contributed by atoms with Crippen molar-refractivity contribution in [1.82, 2.24) is 4.72 Å². The molecule has 0 fully saturated rings. The van der Waals surface area contributed by atoms with Gasteiger partial charge in [-0.15, -0.1) is 0 Å². The van der Waals surface area contributed by atoms with E-state index in [-0.39, 0.29) is 11.4 Å². The van der Waals surface area contributed by atoms with Crippen LogP contribution in [0.3, 0.4) is 0 Å². The van der Waals surface area contributed by atoms with Gasteiger partial charge in [0, 0.05) is 6.54 Å². The van der Waals surface area contributed by atoms with Crippen LogP contribution in [0.1, 0.15) is 44.2 Å². The van der Waals surface area contributed by atoms with Crippen LogP contribution in [0.15, 0.2) is 17.0 Å². The predicted molar refractivity (Wildman–Crippen MR) is 87.8 cm³/mol. The average Bonchev–Trinajstić information content (AvgIpc) is 2.44. The molecule has 0 aliphatic carbocycles. The molecule has 1 atom stereocenters. The van der Waals surface area contributed by atoms with Gasteiger partial charge in [0.15, 0.2) is 0 Å². The number of rotatable bonds is 9. The Morgan fingerprint density at radius 3 is 2.45 bits per heavy atom. The van der Waals surface area contributed by atoms with E-state index in [2.05, 4.69) is 11.6 Å². The van der Waals surface area contributed by atoms with Crippen molar-refractivity contribution < 1.29 is 18.3 Å². The normalized spacial score (nSPS) is 13.1. The van der Waals surface area contributed by atoms with Gasteiger partial charge in [0.2, 0.25) is 10.0 Å². The zero-order valence-corrected chi connectivity index (χ0v) is 14.7. The number of hydrogen-bond donors (Lipinski definition) is 2. The van der Waals surface area contributed by atoms with Crippen molar-refractivity contribution in [2.45, 2.75) is 58.0 Å². The standard InChI is InChI=1S/C16H27NO4S/c1-5-6-7-8-21-15-9-12(2)13(3)10-16(15)22(19,20)17-11-14(4)18/h9-10,14,17-18H,5-8,11H2,1-4H3/t14-/m1/s1. The number of aryl methyl sites for hydroxylation is 2. The van der Waals surface area contributed by atoms with E-state index in [9.17, 15) is 13.5 Å². The van der Waals surface area contributed by atoms with Crippen LogP contribution in [0.4, 0.5) is 0 Å². The lowest BCUT2D eigenvalue weighted by Gasteiger charge is -2.15. The number of aliphatic hydroxyl groups excluding tert-OH is 1. The number of hydrogen-bond acceptors (Lipinski definition) is 4. The highest BCUT2D eigenvalue weighted by Crippen LogP contribution is 2.27. The Labute approximate surface area is 133 Å². The topological polar surface area (TPSA) is 75.6 Å². The van der Waals surface area contributed by atoms with Gasteiger partial charge >= 0.3 is 0 Å². The van der Waals surface area contributed by atoms with Crippen LogP contribution in [0, 0.1) is 13.8 Å². The van der Waals surface area contributed by atoms with Gasteiger partial charge in [-0.3, -0.25) is 0 Å². The van der Waals surface area contributed by atoms with Gasteiger partial charge in [-0.05, 0) is 50.5 Å². The minimum absolute atomic E-state index is 0.0233. The van der Waals surface area contributed by atoms with Gasteiger partial charge in [0.25, 0.3) is 0 Å². The average molecular weight is 329 g/mol. The van der Waals surface area contributed by atoms with Gasteiger partial charge in [-0.25, -0.2) is 13.1 Å². The molecular weight excluding hydrogens is 302 g/mol. The first-order valence-corrected chi connectivity index (χ1v) is 9.18. The molecule has 0 amide bonds. The third-order valence-corrected chi connectivity index (χ3v) is 4.87. The van der Waals surface area contributed by atoms with Crippen LogP contribution in [0.25, 0.3) is 0 Å². The summed E-state index contributed by atoms with van der Waals surface area (Å²) in [6.07, 6.45) is 2.28. The number of ether oxygens (including phenoxy) is 1. The largest absolute Gasteiger partial charge is 0.492 e. The fourth-order valence-corrected chi connectivity index (χ4v) is 3.26. The molecule has 1 aromatic carbocycles. The number of sulfonamides is 1. The monoisotopic (exact) mass is 329 g/mol. The molecule has 2 N–H and O–H groups in total. The lowest BCUT2D eigenvalue weighted by atomic mass is 10.1. The molecule has 22 heavy (non-hydrogen) atoms. The molecule has 5 nitrogen and oxygen atoms in total. The van der Waals surface area contributed by atoms with Crippen LogP contribution in [0.5, 0.6) is 5.75 Å². The van der Waals surface area contributed by atoms with Gasteiger partial charge in [-0.2, -0.15) is 0 Å². The van der Waals surface area contributed by atoms with Crippen molar-refractivity contribution in [3.05, 3.63) is 23.3 Å². The number of unbranched alkanes of at least 4 members (excludes halogenated alkanes) is 2. The molecular formula is C16H27NO4S. The van der Waals surface area contributed by atoms with E-state index in [1.807, 2.05) is 13.8 Å². The highest BCUT2D eigenvalue weighted by molar-refractivity contribution is 7.89. The Balaban J connectivity index is 3.02. The molecule has 6 heteroatoms. The zero-order chi connectivity index (χ0) is 16.8. The van der Waals surface area contributed by atoms with E-state index in [1.165, 1.54) is 6.92 Å². The second-order valence-corrected chi connectivity index (χ2v) is 7.38. The van der Waals surface area contributed by atoms with Crippen LogP contribution < -0.4 is 9.46 Å². The van der Waals surface area contributed by atoms with Gasteiger partial charge in [0.1, 0.15) is 10.6 Å². The molecule has 0 radical (unpaired) electrons.